The van der Waals surface area contributed by atoms with Crippen LogP contribution >= 0.6 is 0 Å². The summed E-state index contributed by atoms with van der Waals surface area (Å²) < 4.78 is 36.5. The third kappa shape index (κ3) is 2.56. The minimum absolute atomic E-state index is 0.00121. The highest BCUT2D eigenvalue weighted by Crippen LogP contribution is 2.80. The molecule has 6 aliphatic rings. The molecule has 0 radical (unpaired) electrons. The minimum atomic E-state index is -0.918. The van der Waals surface area contributed by atoms with Crippen LogP contribution in [0.4, 0.5) is 0 Å². The molecule has 200 valence electrons. The molecule has 4 aliphatic heterocycles. The van der Waals surface area contributed by atoms with Crippen LogP contribution in [0.1, 0.15) is 72.0 Å². The van der Waals surface area contributed by atoms with Crippen LogP contribution in [-0.2, 0) is 38.1 Å². The molecule has 5 heterocycles. The van der Waals surface area contributed by atoms with Gasteiger partial charge in [-0.25, -0.2) is 4.79 Å². The average molecular weight is 515 g/mol. The summed E-state index contributed by atoms with van der Waals surface area (Å²) in [5.41, 5.74) is -2.47. The maximum absolute atomic E-state index is 13.4. The maximum Gasteiger partial charge on any atom is 0.339 e. The number of ether oxygens (including phenoxy) is 5. The summed E-state index contributed by atoms with van der Waals surface area (Å²) in [5, 5.41) is 0. The van der Waals surface area contributed by atoms with Gasteiger partial charge >= 0.3 is 17.9 Å². The zero-order valence-electron chi connectivity index (χ0n) is 21.9. The van der Waals surface area contributed by atoms with E-state index in [9.17, 15) is 14.4 Å². The summed E-state index contributed by atoms with van der Waals surface area (Å²) in [5.74, 6) is -1.09. The maximum atomic E-state index is 13.4. The van der Waals surface area contributed by atoms with Gasteiger partial charge in [0.2, 0.25) is 0 Å². The molecule has 10 atom stereocenters. The second-order valence-corrected chi connectivity index (χ2v) is 13.0. The number of cyclic esters (lactones) is 2. The topological polar surface area (TPSA) is 114 Å². The Kier molecular flexibility index (Phi) is 4.47. The Hall–Kier alpha value is -2.39. The molecule has 0 aromatic carbocycles. The van der Waals surface area contributed by atoms with Crippen molar-refractivity contribution in [3.8, 4) is 0 Å². The molecular weight excluding hydrogens is 480 g/mol. The van der Waals surface area contributed by atoms with Gasteiger partial charge in [0.15, 0.2) is 6.10 Å². The van der Waals surface area contributed by atoms with Gasteiger partial charge in [-0.15, -0.1) is 0 Å². The number of hydrogen-bond donors (Lipinski definition) is 0. The van der Waals surface area contributed by atoms with E-state index in [1.165, 1.54) is 6.92 Å². The van der Waals surface area contributed by atoms with Gasteiger partial charge in [0.1, 0.15) is 24.4 Å². The molecule has 1 aromatic rings. The van der Waals surface area contributed by atoms with E-state index in [2.05, 4.69) is 27.7 Å². The van der Waals surface area contributed by atoms with E-state index in [4.69, 9.17) is 28.1 Å². The lowest BCUT2D eigenvalue weighted by atomic mass is 9.36. The average Bonchev–Trinajstić information content (AvgIpc) is 3.30. The van der Waals surface area contributed by atoms with E-state index < -0.39 is 51.7 Å². The molecule has 4 saturated heterocycles. The van der Waals surface area contributed by atoms with Crippen LogP contribution in [0, 0.1) is 28.1 Å². The van der Waals surface area contributed by atoms with Crippen molar-refractivity contribution in [2.45, 2.75) is 95.9 Å². The van der Waals surface area contributed by atoms with Crippen molar-refractivity contribution in [1.29, 1.82) is 0 Å². The van der Waals surface area contributed by atoms with Crippen molar-refractivity contribution >= 4 is 17.9 Å². The van der Waals surface area contributed by atoms with Crippen LogP contribution in [0.5, 0.6) is 0 Å². The first-order chi connectivity index (χ1) is 17.4. The summed E-state index contributed by atoms with van der Waals surface area (Å²) in [6, 6.07) is 1.83. The number of furan rings is 1. The predicted octanol–water partition coefficient (Wildman–Crippen LogP) is 3.50. The molecule has 2 spiro atoms. The smallest absolute Gasteiger partial charge is 0.339 e. The summed E-state index contributed by atoms with van der Waals surface area (Å²) in [6.45, 7) is 10.1. The Bertz CT molecular complexity index is 1190. The van der Waals surface area contributed by atoms with Crippen molar-refractivity contribution < 1.29 is 42.5 Å². The normalized spacial score (nSPS) is 50.8. The highest BCUT2D eigenvalue weighted by Gasteiger charge is 2.90. The highest BCUT2D eigenvalue weighted by molar-refractivity contribution is 5.82. The number of rotatable bonds is 2. The van der Waals surface area contributed by atoms with Gasteiger partial charge < -0.3 is 28.1 Å². The van der Waals surface area contributed by atoms with Crippen molar-refractivity contribution in [3.05, 3.63) is 24.2 Å². The first kappa shape index (κ1) is 23.7. The van der Waals surface area contributed by atoms with Gasteiger partial charge in [0.05, 0.1) is 30.7 Å². The highest BCUT2D eigenvalue weighted by atomic mass is 16.7. The number of carbonyl (C=O) groups excluding carboxylic acids is 3. The lowest BCUT2D eigenvalue weighted by Gasteiger charge is -2.67. The molecule has 0 N–H and O–H groups in total. The number of carbonyl (C=O) groups is 3. The van der Waals surface area contributed by atoms with Crippen molar-refractivity contribution in [1.82, 2.24) is 0 Å². The molecule has 2 aliphatic carbocycles. The second kappa shape index (κ2) is 6.97. The van der Waals surface area contributed by atoms with E-state index in [-0.39, 0.29) is 42.9 Å². The van der Waals surface area contributed by atoms with Crippen LogP contribution in [0.3, 0.4) is 0 Å². The molecule has 9 nitrogen and oxygen atoms in total. The van der Waals surface area contributed by atoms with Crippen molar-refractivity contribution in [3.63, 3.8) is 0 Å². The van der Waals surface area contributed by atoms with Gasteiger partial charge in [0, 0.05) is 34.7 Å². The summed E-state index contributed by atoms with van der Waals surface area (Å²) in [4.78, 5) is 38.3. The Morgan fingerprint density at radius 1 is 1.08 bits per heavy atom. The number of esters is 3. The fourth-order valence-electron chi connectivity index (χ4n) is 9.97. The van der Waals surface area contributed by atoms with Gasteiger partial charge in [-0.3, -0.25) is 9.59 Å². The Labute approximate surface area is 215 Å². The second-order valence-electron chi connectivity index (χ2n) is 13.0. The molecule has 1 aromatic heterocycles. The van der Waals surface area contributed by atoms with E-state index in [1.807, 2.05) is 6.07 Å². The first-order valence-corrected chi connectivity index (χ1v) is 13.3. The van der Waals surface area contributed by atoms with Crippen LogP contribution in [0.15, 0.2) is 23.0 Å². The van der Waals surface area contributed by atoms with Gasteiger partial charge in [-0.2, -0.15) is 0 Å². The zero-order valence-corrected chi connectivity index (χ0v) is 21.9. The number of fused-ring (bicyclic) bond motifs is 1. The Morgan fingerprint density at radius 3 is 2.57 bits per heavy atom. The fourth-order valence-corrected chi connectivity index (χ4v) is 9.97. The molecule has 9 heteroatoms. The molecule has 6 fully saturated rings. The van der Waals surface area contributed by atoms with Gasteiger partial charge in [0.25, 0.3) is 0 Å². The third-order valence-electron chi connectivity index (χ3n) is 11.3. The monoisotopic (exact) mass is 514 g/mol. The Balaban J connectivity index is 1.43. The van der Waals surface area contributed by atoms with E-state index in [1.54, 1.807) is 12.5 Å². The standard InChI is InChI=1S/C28H34O9/c1-14(29)34-18-10-17-24(2,3)36-19-11-20(30)33-13-27(17,19)16-6-8-25(4)21(15-7-9-32-12-15)35-23(31)22-28(25,37-22)26(16,18)5/h7,9,12,16-19,21-22H,6,8,10-11,13H2,1-5H3/t16-,17-,18+,19-,21-,22+,25-,26-,27+,28+/m0/s1. The van der Waals surface area contributed by atoms with Crippen LogP contribution < -0.4 is 0 Å². The largest absolute Gasteiger partial charge is 0.472 e. The molecule has 0 bridgehead atoms. The fraction of sp³-hybridized carbons (Fsp3) is 0.750. The third-order valence-corrected chi connectivity index (χ3v) is 11.3. The minimum Gasteiger partial charge on any atom is -0.472 e. The SMILES string of the molecule is CC(=O)O[C@@H]1C[C@H]2C(C)(C)O[C@H]3CC(=O)OC[C@]32[C@H]2CC[C@@]3(C)[C@H](c4ccoc4)OC(=O)[C@H]4O[C@]43[C@@]21C. The quantitative estimate of drug-likeness (QED) is 0.332. The predicted molar refractivity (Wildman–Crippen MR) is 125 cm³/mol. The first-order valence-electron chi connectivity index (χ1n) is 13.3. The van der Waals surface area contributed by atoms with Gasteiger partial charge in [-0.05, 0) is 45.1 Å². The van der Waals surface area contributed by atoms with Crippen molar-refractivity contribution in [2.75, 3.05) is 6.61 Å². The summed E-state index contributed by atoms with van der Waals surface area (Å²) in [7, 11) is 0. The van der Waals surface area contributed by atoms with E-state index >= 15 is 0 Å². The molecule has 2 saturated carbocycles. The van der Waals surface area contributed by atoms with Crippen LogP contribution in [0.2, 0.25) is 0 Å². The lowest BCUT2D eigenvalue weighted by Crippen LogP contribution is -2.74. The molecule has 0 amide bonds. The number of epoxide rings is 1. The number of hydrogen-bond acceptors (Lipinski definition) is 9. The van der Waals surface area contributed by atoms with Gasteiger partial charge in [-0.1, -0.05) is 13.8 Å². The lowest BCUT2D eigenvalue weighted by molar-refractivity contribution is -0.265. The van der Waals surface area contributed by atoms with Crippen molar-refractivity contribution in [2.24, 2.45) is 28.1 Å². The van der Waals surface area contributed by atoms with E-state index in [0.717, 1.165) is 18.4 Å². The Morgan fingerprint density at radius 2 is 1.86 bits per heavy atom. The summed E-state index contributed by atoms with van der Waals surface area (Å²) >= 11 is 0. The van der Waals surface area contributed by atoms with Crippen LogP contribution in [-0.4, -0.2) is 54.0 Å². The molecular formula is C28H34O9. The molecule has 37 heavy (non-hydrogen) atoms. The molecule has 0 unspecified atom stereocenters. The van der Waals surface area contributed by atoms with Crippen LogP contribution in [0.25, 0.3) is 0 Å². The molecule has 7 rings (SSSR count). The summed E-state index contributed by atoms with van der Waals surface area (Å²) in [6.07, 6.45) is 3.28. The zero-order chi connectivity index (χ0) is 26.2. The van der Waals surface area contributed by atoms with E-state index in [0.29, 0.717) is 6.42 Å².